The number of nitrogens with zero attached hydrogens (tertiary/aromatic N) is 1. The van der Waals surface area contributed by atoms with Gasteiger partial charge in [-0.1, -0.05) is 11.6 Å². The quantitative estimate of drug-likeness (QED) is 0.300. The van der Waals surface area contributed by atoms with Gasteiger partial charge in [0.1, 0.15) is 5.84 Å². The summed E-state index contributed by atoms with van der Waals surface area (Å²) < 4.78 is 0. The molecule has 2 atom stereocenters. The molecule has 2 fully saturated rings. The maximum absolute atomic E-state index is 8.65. The molecule has 0 spiro atoms. The van der Waals surface area contributed by atoms with Crippen molar-refractivity contribution in [2.75, 3.05) is 12.8 Å². The lowest BCUT2D eigenvalue weighted by Crippen LogP contribution is -2.39. The van der Waals surface area contributed by atoms with Gasteiger partial charge in [0.05, 0.1) is 0 Å². The molecule has 104 valence electrons. The molecule has 2 aliphatic carbocycles. The van der Waals surface area contributed by atoms with Gasteiger partial charge in [0.25, 0.3) is 0 Å². The molecule has 0 aromatic carbocycles. The zero-order chi connectivity index (χ0) is 13.0. The van der Waals surface area contributed by atoms with E-state index in [1.807, 2.05) is 11.8 Å². The second-order valence-electron chi connectivity index (χ2n) is 5.87. The van der Waals surface area contributed by atoms with Crippen molar-refractivity contribution in [3.05, 3.63) is 0 Å². The van der Waals surface area contributed by atoms with E-state index in [-0.39, 0.29) is 5.41 Å². The van der Waals surface area contributed by atoms with Crippen molar-refractivity contribution in [1.82, 2.24) is 5.32 Å². The number of rotatable bonds is 6. The monoisotopic (exact) mass is 271 g/mol. The maximum atomic E-state index is 8.65. The highest BCUT2D eigenvalue weighted by Crippen LogP contribution is 2.48. The van der Waals surface area contributed by atoms with E-state index < -0.39 is 0 Å². The van der Waals surface area contributed by atoms with E-state index in [1.54, 1.807) is 0 Å². The second-order valence-corrected chi connectivity index (χ2v) is 7.01. The van der Waals surface area contributed by atoms with Gasteiger partial charge in [0.2, 0.25) is 0 Å². The van der Waals surface area contributed by atoms with Crippen LogP contribution in [0.4, 0.5) is 0 Å². The highest BCUT2D eigenvalue weighted by Gasteiger charge is 2.43. The van der Waals surface area contributed by atoms with E-state index >= 15 is 0 Å². The van der Waals surface area contributed by atoms with Gasteiger partial charge < -0.3 is 16.3 Å². The molecular weight excluding hydrogens is 246 g/mol. The molecule has 0 radical (unpaired) electrons. The molecule has 5 heteroatoms. The van der Waals surface area contributed by atoms with Crippen molar-refractivity contribution in [1.29, 1.82) is 0 Å². The minimum atomic E-state index is 0.280. The zero-order valence-corrected chi connectivity index (χ0v) is 12.0. The minimum Gasteiger partial charge on any atom is -0.409 e. The first kappa shape index (κ1) is 14.0. The number of nitrogens with two attached hydrogens (primary N) is 1. The van der Waals surface area contributed by atoms with E-state index in [4.69, 9.17) is 10.9 Å². The lowest BCUT2D eigenvalue weighted by Gasteiger charge is -2.30. The van der Waals surface area contributed by atoms with Crippen LogP contribution < -0.4 is 11.1 Å². The van der Waals surface area contributed by atoms with Gasteiger partial charge in [-0.2, -0.15) is 11.8 Å². The van der Waals surface area contributed by atoms with Gasteiger partial charge in [-0.25, -0.2) is 0 Å². The Balaban J connectivity index is 1.74. The number of amidine groups is 1. The van der Waals surface area contributed by atoms with Crippen molar-refractivity contribution in [3.63, 3.8) is 0 Å². The summed E-state index contributed by atoms with van der Waals surface area (Å²) in [5.74, 6) is 0.375. The van der Waals surface area contributed by atoms with E-state index in [0.717, 1.165) is 18.2 Å². The summed E-state index contributed by atoms with van der Waals surface area (Å²) in [7, 11) is 0. The minimum absolute atomic E-state index is 0.280. The van der Waals surface area contributed by atoms with E-state index in [9.17, 15) is 0 Å². The fraction of sp³-hybridized carbons (Fsp3) is 0.923. The molecular formula is C13H25N3OS. The van der Waals surface area contributed by atoms with Crippen LogP contribution in [0.15, 0.2) is 5.16 Å². The van der Waals surface area contributed by atoms with Crippen molar-refractivity contribution < 1.29 is 5.21 Å². The maximum Gasteiger partial charge on any atom is 0.139 e. The Hall–Kier alpha value is -0.420. The Kier molecular flexibility index (Phi) is 4.78. The molecule has 2 rings (SSSR count). The average Bonchev–Trinajstić information content (AvgIpc) is 3.17. The average molecular weight is 271 g/mol. The summed E-state index contributed by atoms with van der Waals surface area (Å²) in [4.78, 5) is 0. The predicted octanol–water partition coefficient (Wildman–Crippen LogP) is 2.17. The molecule has 2 unspecified atom stereocenters. The number of hydrogen-bond acceptors (Lipinski definition) is 4. The van der Waals surface area contributed by atoms with Gasteiger partial charge in [-0.15, -0.1) is 0 Å². The fourth-order valence-corrected chi connectivity index (χ4v) is 3.74. The van der Waals surface area contributed by atoms with Crippen LogP contribution in [-0.2, 0) is 0 Å². The number of thioether (sulfide) groups is 1. The molecule has 0 aliphatic heterocycles. The summed E-state index contributed by atoms with van der Waals surface area (Å²) in [6, 6.07) is 0.668. The van der Waals surface area contributed by atoms with Crippen molar-refractivity contribution in [3.8, 4) is 0 Å². The first-order valence-corrected chi connectivity index (χ1v) is 8.19. The van der Waals surface area contributed by atoms with E-state index in [2.05, 4.69) is 16.7 Å². The third-order valence-corrected chi connectivity index (χ3v) is 5.46. The normalized spacial score (nSPS) is 31.3. The van der Waals surface area contributed by atoms with Gasteiger partial charge in [0, 0.05) is 24.3 Å². The molecule has 4 N–H and O–H groups in total. The lowest BCUT2D eigenvalue weighted by molar-refractivity contribution is 0.311. The predicted molar refractivity (Wildman–Crippen MR) is 77.3 cm³/mol. The van der Waals surface area contributed by atoms with Gasteiger partial charge in [0.15, 0.2) is 0 Å². The van der Waals surface area contributed by atoms with Crippen LogP contribution in [0.5, 0.6) is 0 Å². The molecule has 2 aliphatic rings. The molecule has 0 saturated heterocycles. The molecule has 18 heavy (non-hydrogen) atoms. The van der Waals surface area contributed by atoms with Crippen LogP contribution in [0, 0.1) is 5.41 Å². The molecule has 0 aromatic rings. The third kappa shape index (κ3) is 3.79. The van der Waals surface area contributed by atoms with Gasteiger partial charge in [-0.3, -0.25) is 0 Å². The largest absolute Gasteiger partial charge is 0.409 e. The molecule has 0 amide bonds. The van der Waals surface area contributed by atoms with E-state index in [1.165, 1.54) is 38.5 Å². The van der Waals surface area contributed by atoms with Crippen LogP contribution in [0.25, 0.3) is 0 Å². The standard InChI is InChI=1S/C13H25N3OS/c1-18-11-4-2-3-10(7-11)15-9-13(5-6-13)8-12(14)16-17/h10-11,15,17H,2-9H2,1H3,(H2,14,16). The molecule has 0 aromatic heterocycles. The summed E-state index contributed by atoms with van der Waals surface area (Å²) in [5, 5.41) is 16.3. The Morgan fingerprint density at radius 3 is 2.89 bits per heavy atom. The van der Waals surface area contributed by atoms with Crippen LogP contribution in [0.1, 0.15) is 44.9 Å². The molecule has 0 heterocycles. The van der Waals surface area contributed by atoms with Crippen LogP contribution in [0.2, 0.25) is 0 Å². The highest BCUT2D eigenvalue weighted by atomic mass is 32.2. The van der Waals surface area contributed by atoms with Crippen LogP contribution >= 0.6 is 11.8 Å². The van der Waals surface area contributed by atoms with Crippen molar-refractivity contribution in [2.45, 2.75) is 56.2 Å². The molecule has 4 nitrogen and oxygen atoms in total. The Labute approximate surface area is 114 Å². The smallest absolute Gasteiger partial charge is 0.139 e. The lowest BCUT2D eigenvalue weighted by atomic mass is 9.93. The van der Waals surface area contributed by atoms with E-state index in [0.29, 0.717) is 11.9 Å². The van der Waals surface area contributed by atoms with Crippen LogP contribution in [0.3, 0.4) is 0 Å². The first-order valence-electron chi connectivity index (χ1n) is 6.90. The molecule has 0 bridgehead atoms. The topological polar surface area (TPSA) is 70.6 Å². The Bertz CT molecular complexity index is 305. The first-order chi connectivity index (χ1) is 8.67. The van der Waals surface area contributed by atoms with Crippen molar-refractivity contribution in [2.24, 2.45) is 16.3 Å². The van der Waals surface area contributed by atoms with Gasteiger partial charge in [-0.05, 0) is 43.8 Å². The number of oxime groups is 1. The zero-order valence-electron chi connectivity index (χ0n) is 11.2. The summed E-state index contributed by atoms with van der Waals surface area (Å²) in [6.07, 6.45) is 10.7. The fourth-order valence-electron chi connectivity index (χ4n) is 2.92. The second kappa shape index (κ2) is 6.15. The van der Waals surface area contributed by atoms with Gasteiger partial charge >= 0.3 is 0 Å². The Morgan fingerprint density at radius 2 is 2.28 bits per heavy atom. The van der Waals surface area contributed by atoms with Crippen LogP contribution in [-0.4, -0.2) is 35.1 Å². The summed E-state index contributed by atoms with van der Waals surface area (Å²) in [6.45, 7) is 1.02. The van der Waals surface area contributed by atoms with Crippen molar-refractivity contribution >= 4 is 17.6 Å². The SMILES string of the molecule is CSC1CCCC(NCC2(CC(N)=NO)CC2)C1. The highest BCUT2D eigenvalue weighted by molar-refractivity contribution is 7.99. The summed E-state index contributed by atoms with van der Waals surface area (Å²) >= 11 is 2.00. The number of nitrogens with one attached hydrogen (secondary N) is 1. The molecule has 2 saturated carbocycles. The number of hydrogen-bond donors (Lipinski definition) is 3. The summed E-state index contributed by atoms with van der Waals surface area (Å²) in [5.41, 5.74) is 5.90. The Morgan fingerprint density at radius 1 is 1.50 bits per heavy atom. The third-order valence-electron chi connectivity index (χ3n) is 4.37.